The molecule has 2 fully saturated rings. The van der Waals surface area contributed by atoms with Gasteiger partial charge in [0.2, 0.25) is 0 Å². The van der Waals surface area contributed by atoms with Gasteiger partial charge in [0.15, 0.2) is 0 Å². The van der Waals surface area contributed by atoms with Gasteiger partial charge in [-0.05, 0) is 48.7 Å². The fourth-order valence-electron chi connectivity index (χ4n) is 4.70. The number of rotatable bonds is 4. The Hall–Kier alpha value is -1.72. The molecule has 4 heteroatoms. The normalized spacial score (nSPS) is 25.1. The summed E-state index contributed by atoms with van der Waals surface area (Å²) in [4.78, 5) is 7.29. The Kier molecular flexibility index (Phi) is 6.12. The summed E-state index contributed by atoms with van der Waals surface area (Å²) in [6.07, 6.45) is 0.805. The summed E-state index contributed by atoms with van der Waals surface area (Å²) in [7, 11) is 2.18. The zero-order valence-corrected chi connectivity index (χ0v) is 17.2. The van der Waals surface area contributed by atoms with Gasteiger partial charge in [0.05, 0.1) is 6.10 Å². The minimum Gasteiger partial charge on any atom is -0.390 e. The first-order chi connectivity index (χ1) is 13.6. The quantitative estimate of drug-likeness (QED) is 0.885. The molecule has 2 aliphatic heterocycles. The number of aliphatic hydroxyl groups excluding tert-OH is 1. The predicted molar refractivity (Wildman–Crippen MR) is 115 cm³/mol. The van der Waals surface area contributed by atoms with Crippen LogP contribution in [-0.2, 0) is 6.54 Å². The predicted octanol–water partition coefficient (Wildman–Crippen LogP) is 2.84. The molecule has 2 aromatic rings. The van der Waals surface area contributed by atoms with E-state index >= 15 is 0 Å². The molecule has 0 aromatic heterocycles. The molecule has 0 aliphatic carbocycles. The van der Waals surface area contributed by atoms with Crippen LogP contribution in [0.5, 0.6) is 0 Å². The second kappa shape index (κ2) is 8.75. The topological polar surface area (TPSA) is 30.0 Å². The SMILES string of the molecule is Cc1ccccc1-c1cccc(CN2CC[C@@H](N3CCN(C)CC3)[C@H](O)C2)c1. The van der Waals surface area contributed by atoms with Gasteiger partial charge in [-0.2, -0.15) is 0 Å². The third kappa shape index (κ3) is 4.47. The number of hydrogen-bond donors (Lipinski definition) is 1. The Bertz CT molecular complexity index is 785. The van der Waals surface area contributed by atoms with E-state index in [0.717, 1.165) is 52.2 Å². The average Bonchev–Trinajstić information content (AvgIpc) is 2.70. The van der Waals surface area contributed by atoms with Crippen LogP contribution in [0.4, 0.5) is 0 Å². The first-order valence-electron chi connectivity index (χ1n) is 10.6. The van der Waals surface area contributed by atoms with Crippen molar-refractivity contribution in [3.05, 3.63) is 59.7 Å². The minimum absolute atomic E-state index is 0.253. The molecular weight excluding hydrogens is 346 g/mol. The first-order valence-corrected chi connectivity index (χ1v) is 10.6. The maximum absolute atomic E-state index is 10.8. The number of aryl methyl sites for hydroxylation is 1. The molecule has 4 rings (SSSR count). The van der Waals surface area contributed by atoms with Crippen molar-refractivity contribution >= 4 is 0 Å². The largest absolute Gasteiger partial charge is 0.390 e. The van der Waals surface area contributed by atoms with Gasteiger partial charge < -0.3 is 10.0 Å². The van der Waals surface area contributed by atoms with Gasteiger partial charge in [0.1, 0.15) is 0 Å². The molecule has 2 saturated heterocycles. The fourth-order valence-corrected chi connectivity index (χ4v) is 4.70. The third-order valence-electron chi connectivity index (χ3n) is 6.43. The molecule has 1 N–H and O–H groups in total. The molecule has 2 aromatic carbocycles. The number of hydrogen-bond acceptors (Lipinski definition) is 4. The first kappa shape index (κ1) is 19.6. The van der Waals surface area contributed by atoms with E-state index in [1.54, 1.807) is 0 Å². The van der Waals surface area contributed by atoms with Crippen LogP contribution in [0.1, 0.15) is 17.5 Å². The molecule has 28 heavy (non-hydrogen) atoms. The van der Waals surface area contributed by atoms with Crippen molar-refractivity contribution in [2.45, 2.75) is 32.0 Å². The number of aliphatic hydroxyl groups is 1. The van der Waals surface area contributed by atoms with E-state index in [4.69, 9.17) is 0 Å². The van der Waals surface area contributed by atoms with Crippen molar-refractivity contribution in [3.63, 3.8) is 0 Å². The van der Waals surface area contributed by atoms with Gasteiger partial charge in [-0.3, -0.25) is 9.80 Å². The van der Waals surface area contributed by atoms with Crippen LogP contribution in [0.2, 0.25) is 0 Å². The smallest absolute Gasteiger partial charge is 0.0822 e. The van der Waals surface area contributed by atoms with Crippen molar-refractivity contribution in [3.8, 4) is 11.1 Å². The standard InChI is InChI=1S/C24H33N3O/c1-19-6-3-4-9-22(19)21-8-5-7-20(16-21)17-26-11-10-23(24(28)18-26)27-14-12-25(2)13-15-27/h3-9,16,23-24,28H,10-15,17-18H2,1-2H3/t23-,24-/m1/s1. The van der Waals surface area contributed by atoms with Crippen LogP contribution in [0.25, 0.3) is 11.1 Å². The van der Waals surface area contributed by atoms with Crippen LogP contribution >= 0.6 is 0 Å². The van der Waals surface area contributed by atoms with Gasteiger partial charge in [0.25, 0.3) is 0 Å². The van der Waals surface area contributed by atoms with Gasteiger partial charge in [-0.1, -0.05) is 42.5 Å². The number of β-amino-alcohol motifs (C(OH)–C–C–N with tert-alkyl or cyclic N) is 1. The van der Waals surface area contributed by atoms with Crippen LogP contribution in [0.3, 0.4) is 0 Å². The van der Waals surface area contributed by atoms with Gasteiger partial charge in [-0.25, -0.2) is 0 Å². The lowest BCUT2D eigenvalue weighted by atomic mass is 9.97. The molecule has 150 valence electrons. The van der Waals surface area contributed by atoms with Crippen LogP contribution in [0.15, 0.2) is 48.5 Å². The Morgan fingerprint density at radius 3 is 2.50 bits per heavy atom. The Balaban J connectivity index is 1.38. The number of piperidine rings is 1. The van der Waals surface area contributed by atoms with Crippen molar-refractivity contribution in [1.29, 1.82) is 0 Å². The molecule has 2 aliphatic rings. The van der Waals surface area contributed by atoms with Gasteiger partial charge in [0, 0.05) is 51.9 Å². The highest BCUT2D eigenvalue weighted by atomic mass is 16.3. The molecule has 0 amide bonds. The molecule has 0 spiro atoms. The summed E-state index contributed by atoms with van der Waals surface area (Å²) in [5.41, 5.74) is 5.22. The van der Waals surface area contributed by atoms with Crippen molar-refractivity contribution in [1.82, 2.24) is 14.7 Å². The number of benzene rings is 2. The summed E-state index contributed by atoms with van der Waals surface area (Å²) >= 11 is 0. The minimum atomic E-state index is -0.253. The van der Waals surface area contributed by atoms with Crippen LogP contribution in [-0.4, -0.2) is 78.3 Å². The summed E-state index contributed by atoms with van der Waals surface area (Å²) in [5.74, 6) is 0. The molecule has 0 unspecified atom stereocenters. The maximum Gasteiger partial charge on any atom is 0.0822 e. The summed E-state index contributed by atoms with van der Waals surface area (Å²) < 4.78 is 0. The van der Waals surface area contributed by atoms with E-state index in [9.17, 15) is 5.11 Å². The van der Waals surface area contributed by atoms with E-state index in [1.165, 1.54) is 22.3 Å². The third-order valence-corrected chi connectivity index (χ3v) is 6.43. The molecule has 2 heterocycles. The highest BCUT2D eigenvalue weighted by Gasteiger charge is 2.33. The van der Waals surface area contributed by atoms with Crippen molar-refractivity contribution < 1.29 is 5.11 Å². The highest BCUT2D eigenvalue weighted by Crippen LogP contribution is 2.25. The van der Waals surface area contributed by atoms with E-state index in [0.29, 0.717) is 6.04 Å². The fraction of sp³-hybridized carbons (Fsp3) is 0.500. The lowest BCUT2D eigenvalue weighted by molar-refractivity contribution is -0.0286. The Morgan fingerprint density at radius 2 is 1.75 bits per heavy atom. The molecule has 4 nitrogen and oxygen atoms in total. The summed E-state index contributed by atoms with van der Waals surface area (Å²) in [5, 5.41) is 10.8. The zero-order valence-electron chi connectivity index (χ0n) is 17.2. The average molecular weight is 380 g/mol. The number of likely N-dealkylation sites (N-methyl/N-ethyl adjacent to an activating group) is 1. The number of nitrogens with zero attached hydrogens (tertiary/aromatic N) is 3. The van der Waals surface area contributed by atoms with Crippen molar-refractivity contribution in [2.75, 3.05) is 46.3 Å². The van der Waals surface area contributed by atoms with Crippen LogP contribution in [0, 0.1) is 6.92 Å². The summed E-state index contributed by atoms with van der Waals surface area (Å²) in [6, 6.07) is 17.8. The van der Waals surface area contributed by atoms with Gasteiger partial charge in [-0.15, -0.1) is 0 Å². The molecule has 0 radical (unpaired) electrons. The second-order valence-electron chi connectivity index (χ2n) is 8.51. The monoisotopic (exact) mass is 379 g/mol. The maximum atomic E-state index is 10.8. The lowest BCUT2D eigenvalue weighted by Crippen LogP contribution is -2.58. The van der Waals surface area contributed by atoms with E-state index in [-0.39, 0.29) is 6.10 Å². The molecule has 0 saturated carbocycles. The lowest BCUT2D eigenvalue weighted by Gasteiger charge is -2.44. The zero-order chi connectivity index (χ0) is 19.5. The number of likely N-dealkylation sites (tertiary alicyclic amines) is 1. The second-order valence-corrected chi connectivity index (χ2v) is 8.51. The number of piperazine rings is 1. The van der Waals surface area contributed by atoms with Crippen molar-refractivity contribution in [2.24, 2.45) is 0 Å². The Labute approximate surface area is 169 Å². The summed E-state index contributed by atoms with van der Waals surface area (Å²) in [6.45, 7) is 9.28. The van der Waals surface area contributed by atoms with Gasteiger partial charge >= 0.3 is 0 Å². The van der Waals surface area contributed by atoms with E-state index in [1.807, 2.05) is 0 Å². The van der Waals surface area contributed by atoms with E-state index in [2.05, 4.69) is 77.2 Å². The molecular formula is C24H33N3O. The van der Waals surface area contributed by atoms with Crippen LogP contribution < -0.4 is 0 Å². The highest BCUT2D eigenvalue weighted by molar-refractivity contribution is 5.67. The van der Waals surface area contributed by atoms with E-state index < -0.39 is 0 Å². The Morgan fingerprint density at radius 1 is 0.964 bits per heavy atom. The molecule has 0 bridgehead atoms. The molecule has 2 atom stereocenters.